The average Bonchev–Trinajstić information content (AvgIpc) is 2.69. The van der Waals surface area contributed by atoms with Crippen molar-refractivity contribution in [1.82, 2.24) is 15.3 Å². The van der Waals surface area contributed by atoms with Crippen molar-refractivity contribution in [1.29, 1.82) is 0 Å². The van der Waals surface area contributed by atoms with Crippen LogP contribution >= 0.6 is 0 Å². The van der Waals surface area contributed by atoms with Gasteiger partial charge < -0.3 is 10.3 Å². The van der Waals surface area contributed by atoms with Gasteiger partial charge in [0, 0.05) is 25.4 Å². The molecule has 1 aromatic heterocycles. The number of rotatable bonds is 8. The van der Waals surface area contributed by atoms with Gasteiger partial charge in [0.1, 0.15) is 5.82 Å². The molecule has 0 radical (unpaired) electrons. The molecule has 0 amide bonds. The van der Waals surface area contributed by atoms with Crippen molar-refractivity contribution < 1.29 is 0 Å². The second kappa shape index (κ2) is 7.56. The Labute approximate surface area is 86.3 Å². The van der Waals surface area contributed by atoms with E-state index in [9.17, 15) is 0 Å². The Kier molecular flexibility index (Phi) is 6.07. The Bertz CT molecular complexity index is 206. The molecule has 1 heterocycles. The molecule has 0 spiro atoms. The number of nitrogens with one attached hydrogen (secondary N) is 2. The molecule has 0 bridgehead atoms. The van der Waals surface area contributed by atoms with E-state index in [0.717, 1.165) is 25.3 Å². The summed E-state index contributed by atoms with van der Waals surface area (Å²) in [7, 11) is 0. The molecule has 1 rings (SSSR count). The minimum Gasteiger partial charge on any atom is -0.349 e. The van der Waals surface area contributed by atoms with E-state index in [1.807, 2.05) is 6.20 Å². The Balaban J connectivity index is 1.85. The quantitative estimate of drug-likeness (QED) is 0.624. The number of hydrogen-bond acceptors (Lipinski definition) is 2. The van der Waals surface area contributed by atoms with Gasteiger partial charge >= 0.3 is 0 Å². The fraction of sp³-hybridized carbons (Fsp3) is 0.727. The highest BCUT2D eigenvalue weighted by atomic mass is 14.9. The zero-order chi connectivity index (χ0) is 10.1. The topological polar surface area (TPSA) is 40.7 Å². The number of unbranched alkanes of at least 4 members (excludes halogenated alkanes) is 3. The SMILES string of the molecule is CCCCCCNCCc1ncc[nH]1. The zero-order valence-corrected chi connectivity index (χ0v) is 9.05. The fourth-order valence-corrected chi connectivity index (χ4v) is 1.44. The number of H-pyrrole nitrogens is 1. The van der Waals surface area contributed by atoms with Gasteiger partial charge in [-0.05, 0) is 13.0 Å². The van der Waals surface area contributed by atoms with Crippen molar-refractivity contribution in [3.8, 4) is 0 Å². The molecule has 0 aromatic carbocycles. The van der Waals surface area contributed by atoms with Crippen LogP contribution in [0.1, 0.15) is 38.4 Å². The van der Waals surface area contributed by atoms with Gasteiger partial charge in [-0.2, -0.15) is 0 Å². The molecule has 0 aliphatic heterocycles. The lowest BCUT2D eigenvalue weighted by Gasteiger charge is -2.02. The molecule has 0 atom stereocenters. The number of aromatic nitrogens is 2. The lowest BCUT2D eigenvalue weighted by Crippen LogP contribution is -2.18. The number of nitrogens with zero attached hydrogens (tertiary/aromatic N) is 1. The molecule has 0 aliphatic carbocycles. The summed E-state index contributed by atoms with van der Waals surface area (Å²) in [5.41, 5.74) is 0. The fourth-order valence-electron chi connectivity index (χ4n) is 1.44. The molecule has 3 heteroatoms. The molecule has 0 aliphatic rings. The smallest absolute Gasteiger partial charge is 0.107 e. The molecule has 0 fully saturated rings. The van der Waals surface area contributed by atoms with Crippen molar-refractivity contribution >= 4 is 0 Å². The maximum atomic E-state index is 4.17. The Morgan fingerprint density at radius 1 is 1.29 bits per heavy atom. The summed E-state index contributed by atoms with van der Waals surface area (Å²) in [4.78, 5) is 7.27. The van der Waals surface area contributed by atoms with E-state index < -0.39 is 0 Å². The predicted octanol–water partition coefficient (Wildman–Crippen LogP) is 2.12. The summed E-state index contributed by atoms with van der Waals surface area (Å²) >= 11 is 0. The Morgan fingerprint density at radius 2 is 2.21 bits per heavy atom. The van der Waals surface area contributed by atoms with Gasteiger partial charge in [0.25, 0.3) is 0 Å². The van der Waals surface area contributed by atoms with E-state index >= 15 is 0 Å². The van der Waals surface area contributed by atoms with Crippen LogP contribution in [0.3, 0.4) is 0 Å². The molecule has 14 heavy (non-hydrogen) atoms. The van der Waals surface area contributed by atoms with Gasteiger partial charge in [-0.25, -0.2) is 4.98 Å². The molecular formula is C11H21N3. The van der Waals surface area contributed by atoms with Gasteiger partial charge in [-0.3, -0.25) is 0 Å². The highest BCUT2D eigenvalue weighted by molar-refractivity contribution is 4.87. The van der Waals surface area contributed by atoms with Gasteiger partial charge in [-0.1, -0.05) is 26.2 Å². The first kappa shape index (κ1) is 11.2. The van der Waals surface area contributed by atoms with Crippen LogP contribution in [0.15, 0.2) is 12.4 Å². The molecular weight excluding hydrogens is 174 g/mol. The number of aromatic amines is 1. The summed E-state index contributed by atoms with van der Waals surface area (Å²) in [5.74, 6) is 1.08. The van der Waals surface area contributed by atoms with Crippen LogP contribution in [-0.4, -0.2) is 23.1 Å². The van der Waals surface area contributed by atoms with Crippen LogP contribution in [0, 0.1) is 0 Å². The van der Waals surface area contributed by atoms with E-state index in [1.54, 1.807) is 6.20 Å². The summed E-state index contributed by atoms with van der Waals surface area (Å²) in [6.07, 6.45) is 10.00. The molecule has 2 N–H and O–H groups in total. The van der Waals surface area contributed by atoms with Crippen molar-refractivity contribution in [2.75, 3.05) is 13.1 Å². The van der Waals surface area contributed by atoms with Crippen LogP contribution in [0.4, 0.5) is 0 Å². The molecule has 3 nitrogen and oxygen atoms in total. The van der Waals surface area contributed by atoms with Crippen LogP contribution in [-0.2, 0) is 6.42 Å². The first-order valence-electron chi connectivity index (χ1n) is 5.62. The maximum absolute atomic E-state index is 4.17. The third-order valence-electron chi connectivity index (χ3n) is 2.30. The monoisotopic (exact) mass is 195 g/mol. The predicted molar refractivity (Wildman–Crippen MR) is 59.3 cm³/mol. The van der Waals surface area contributed by atoms with E-state index in [4.69, 9.17) is 0 Å². The average molecular weight is 195 g/mol. The number of hydrogen-bond donors (Lipinski definition) is 2. The first-order valence-corrected chi connectivity index (χ1v) is 5.62. The van der Waals surface area contributed by atoms with Crippen molar-refractivity contribution in [2.24, 2.45) is 0 Å². The van der Waals surface area contributed by atoms with Crippen LogP contribution in [0.25, 0.3) is 0 Å². The Morgan fingerprint density at radius 3 is 2.93 bits per heavy atom. The van der Waals surface area contributed by atoms with Gasteiger partial charge in [0.2, 0.25) is 0 Å². The summed E-state index contributed by atoms with van der Waals surface area (Å²) < 4.78 is 0. The lowest BCUT2D eigenvalue weighted by molar-refractivity contribution is 0.595. The summed E-state index contributed by atoms with van der Waals surface area (Å²) in [6, 6.07) is 0. The molecule has 0 saturated heterocycles. The number of imidazole rings is 1. The third kappa shape index (κ3) is 5.02. The zero-order valence-electron chi connectivity index (χ0n) is 9.05. The maximum Gasteiger partial charge on any atom is 0.107 e. The third-order valence-corrected chi connectivity index (χ3v) is 2.30. The molecule has 80 valence electrons. The van der Waals surface area contributed by atoms with Gasteiger partial charge in [0.05, 0.1) is 0 Å². The van der Waals surface area contributed by atoms with Gasteiger partial charge in [0.15, 0.2) is 0 Å². The van der Waals surface area contributed by atoms with E-state index in [1.165, 1.54) is 25.7 Å². The second-order valence-corrected chi connectivity index (χ2v) is 3.60. The lowest BCUT2D eigenvalue weighted by atomic mass is 10.2. The standard InChI is InChI=1S/C11H21N3/c1-2-3-4-5-7-12-8-6-11-13-9-10-14-11/h9-10,12H,2-8H2,1H3,(H,13,14). The van der Waals surface area contributed by atoms with E-state index in [0.29, 0.717) is 0 Å². The van der Waals surface area contributed by atoms with Gasteiger partial charge in [-0.15, -0.1) is 0 Å². The highest BCUT2D eigenvalue weighted by Crippen LogP contribution is 1.97. The Hall–Kier alpha value is -0.830. The van der Waals surface area contributed by atoms with Crippen molar-refractivity contribution in [3.05, 3.63) is 18.2 Å². The molecule has 1 aromatic rings. The second-order valence-electron chi connectivity index (χ2n) is 3.60. The molecule has 0 unspecified atom stereocenters. The first-order chi connectivity index (χ1) is 6.93. The summed E-state index contributed by atoms with van der Waals surface area (Å²) in [6.45, 7) is 4.41. The van der Waals surface area contributed by atoms with Crippen molar-refractivity contribution in [2.45, 2.75) is 39.0 Å². The van der Waals surface area contributed by atoms with E-state index in [2.05, 4.69) is 22.2 Å². The van der Waals surface area contributed by atoms with Crippen LogP contribution in [0.2, 0.25) is 0 Å². The normalized spacial score (nSPS) is 10.6. The molecule has 0 saturated carbocycles. The highest BCUT2D eigenvalue weighted by Gasteiger charge is 1.93. The minimum absolute atomic E-state index is 1.00. The largest absolute Gasteiger partial charge is 0.349 e. The van der Waals surface area contributed by atoms with Crippen LogP contribution in [0.5, 0.6) is 0 Å². The summed E-state index contributed by atoms with van der Waals surface area (Å²) in [5, 5.41) is 3.42. The van der Waals surface area contributed by atoms with Crippen molar-refractivity contribution in [3.63, 3.8) is 0 Å². The van der Waals surface area contributed by atoms with Crippen LogP contribution < -0.4 is 5.32 Å². The van der Waals surface area contributed by atoms with E-state index in [-0.39, 0.29) is 0 Å². The minimum atomic E-state index is 1.00.